The van der Waals surface area contributed by atoms with E-state index >= 15 is 0 Å². The Kier molecular flexibility index (Phi) is 8.43. The molecule has 0 spiro atoms. The van der Waals surface area contributed by atoms with E-state index in [-0.39, 0.29) is 5.91 Å². The molecule has 0 aromatic heterocycles. The molecule has 1 N–H and O–H groups in total. The number of nitrogens with zero attached hydrogens (tertiary/aromatic N) is 2. The lowest BCUT2D eigenvalue weighted by atomic mass is 10.1. The molecule has 0 bridgehead atoms. The summed E-state index contributed by atoms with van der Waals surface area (Å²) < 4.78 is 13.1. The minimum atomic E-state index is -0.246. The average Bonchev–Trinajstić information content (AvgIpc) is 3.48. The van der Waals surface area contributed by atoms with Gasteiger partial charge in [-0.05, 0) is 101 Å². The first-order valence-corrected chi connectivity index (χ1v) is 13.9. The van der Waals surface area contributed by atoms with E-state index in [1.54, 1.807) is 6.21 Å². The van der Waals surface area contributed by atoms with Gasteiger partial charge < -0.3 is 14.4 Å². The summed E-state index contributed by atoms with van der Waals surface area (Å²) in [5, 5.41) is 6.54. The number of rotatable bonds is 9. The molecule has 1 aliphatic rings. The minimum absolute atomic E-state index is 0.246. The van der Waals surface area contributed by atoms with Gasteiger partial charge in [-0.15, -0.1) is 0 Å². The Morgan fingerprint density at radius 1 is 1.00 bits per heavy atom. The molecule has 1 fully saturated rings. The van der Waals surface area contributed by atoms with E-state index in [4.69, 9.17) is 9.47 Å². The number of carbonyl (C=O) groups is 1. The molecule has 1 saturated heterocycles. The second-order valence-electron chi connectivity index (χ2n) is 9.13. The number of hydrogen-bond acceptors (Lipinski definition) is 5. The summed E-state index contributed by atoms with van der Waals surface area (Å²) in [5.74, 6) is 1.09. The van der Waals surface area contributed by atoms with E-state index in [1.807, 2.05) is 61.5 Å². The van der Waals surface area contributed by atoms with Gasteiger partial charge in [0.2, 0.25) is 0 Å². The topological polar surface area (TPSA) is 63.2 Å². The molecule has 0 unspecified atom stereocenters. The molecule has 1 aliphatic heterocycles. The van der Waals surface area contributed by atoms with E-state index < -0.39 is 0 Å². The number of halogens is 1. The van der Waals surface area contributed by atoms with Crippen LogP contribution >= 0.6 is 22.6 Å². The molecule has 0 saturated carbocycles. The van der Waals surface area contributed by atoms with Crippen molar-refractivity contribution in [3.05, 3.63) is 99.1 Å². The van der Waals surface area contributed by atoms with Crippen LogP contribution in [-0.4, -0.2) is 31.8 Å². The van der Waals surface area contributed by atoms with Crippen LogP contribution in [0, 0.1) is 3.57 Å². The lowest BCUT2D eigenvalue weighted by Gasteiger charge is -2.17. The second kappa shape index (κ2) is 12.3. The van der Waals surface area contributed by atoms with E-state index in [1.165, 1.54) is 23.6 Å². The molecule has 0 aliphatic carbocycles. The molecule has 1 amide bonds. The molecule has 6 nitrogen and oxygen atoms in total. The van der Waals surface area contributed by atoms with Crippen molar-refractivity contribution in [3.8, 4) is 11.5 Å². The van der Waals surface area contributed by atoms with Crippen LogP contribution in [0.1, 0.15) is 41.3 Å². The highest BCUT2D eigenvalue weighted by atomic mass is 127. The third-order valence-electron chi connectivity index (χ3n) is 6.56. The lowest BCUT2D eigenvalue weighted by Crippen LogP contribution is -2.19. The first-order valence-electron chi connectivity index (χ1n) is 12.9. The van der Waals surface area contributed by atoms with Gasteiger partial charge in [0.1, 0.15) is 6.61 Å². The quantitative estimate of drug-likeness (QED) is 0.127. The summed E-state index contributed by atoms with van der Waals surface area (Å²) in [7, 11) is 0. The predicted octanol–water partition coefficient (Wildman–Crippen LogP) is 6.79. The highest BCUT2D eigenvalue weighted by Gasteiger charge is 2.14. The van der Waals surface area contributed by atoms with E-state index in [0.29, 0.717) is 30.3 Å². The summed E-state index contributed by atoms with van der Waals surface area (Å²) >= 11 is 2.25. The minimum Gasteiger partial charge on any atom is -0.490 e. The van der Waals surface area contributed by atoms with Crippen LogP contribution in [-0.2, 0) is 6.61 Å². The average molecular weight is 620 g/mol. The molecule has 0 radical (unpaired) electrons. The van der Waals surface area contributed by atoms with Gasteiger partial charge in [0.05, 0.1) is 16.4 Å². The molecule has 4 aromatic rings. The number of carbonyl (C=O) groups excluding carboxylic acids is 1. The third kappa shape index (κ3) is 6.10. The van der Waals surface area contributed by atoms with Crippen molar-refractivity contribution in [3.63, 3.8) is 0 Å². The maximum Gasteiger partial charge on any atom is 0.271 e. The summed E-state index contributed by atoms with van der Waals surface area (Å²) in [6.07, 6.45) is 4.06. The van der Waals surface area contributed by atoms with Crippen molar-refractivity contribution < 1.29 is 14.3 Å². The van der Waals surface area contributed by atoms with Crippen LogP contribution in [0.5, 0.6) is 11.5 Å². The molecular weight excluding hydrogens is 589 g/mol. The Morgan fingerprint density at radius 3 is 2.55 bits per heavy atom. The standard InChI is InChI=1S/C31H30IN3O3/c1-2-37-29-19-22(20-33-34-31(36)24-12-14-26(15-13-24)35-16-5-6-17-35)18-28(32)30(29)38-21-25-10-7-9-23-8-3-4-11-27(23)25/h3-4,7-15,18-20H,2,5-6,16-17,21H2,1H3,(H,34,36)/b33-20-. The van der Waals surface area contributed by atoms with Gasteiger partial charge >= 0.3 is 0 Å². The number of hydrogen-bond donors (Lipinski definition) is 1. The monoisotopic (exact) mass is 619 g/mol. The number of ether oxygens (including phenoxy) is 2. The summed E-state index contributed by atoms with van der Waals surface area (Å²) in [6, 6.07) is 26.0. The van der Waals surface area contributed by atoms with Gasteiger partial charge in [-0.2, -0.15) is 5.10 Å². The Bertz CT molecular complexity index is 1440. The zero-order valence-electron chi connectivity index (χ0n) is 21.3. The number of benzene rings is 4. The highest BCUT2D eigenvalue weighted by Crippen LogP contribution is 2.35. The molecule has 5 rings (SSSR count). The molecule has 7 heteroatoms. The van der Waals surface area contributed by atoms with Crippen LogP contribution in [0.25, 0.3) is 10.8 Å². The fourth-order valence-corrected chi connectivity index (χ4v) is 5.44. The van der Waals surface area contributed by atoms with E-state index in [0.717, 1.165) is 33.5 Å². The zero-order valence-corrected chi connectivity index (χ0v) is 23.5. The van der Waals surface area contributed by atoms with Crippen molar-refractivity contribution in [2.45, 2.75) is 26.4 Å². The molecule has 194 valence electrons. The highest BCUT2D eigenvalue weighted by molar-refractivity contribution is 14.1. The van der Waals surface area contributed by atoms with Crippen molar-refractivity contribution in [2.75, 3.05) is 24.6 Å². The normalized spacial score (nSPS) is 13.3. The number of hydrazone groups is 1. The zero-order chi connectivity index (χ0) is 26.3. The van der Waals surface area contributed by atoms with Crippen LogP contribution in [0.4, 0.5) is 5.69 Å². The van der Waals surface area contributed by atoms with Crippen LogP contribution in [0.3, 0.4) is 0 Å². The summed E-state index contributed by atoms with van der Waals surface area (Å²) in [5.41, 5.74) is 6.28. The SMILES string of the molecule is CCOc1cc(/C=N\NC(=O)c2ccc(N3CCCC3)cc2)cc(I)c1OCc1cccc2ccccc12. The molecule has 0 atom stereocenters. The Morgan fingerprint density at radius 2 is 1.76 bits per heavy atom. The fraction of sp³-hybridized carbons (Fsp3) is 0.226. The lowest BCUT2D eigenvalue weighted by molar-refractivity contribution is 0.0955. The first-order chi connectivity index (χ1) is 18.6. The first kappa shape index (κ1) is 26.0. The van der Waals surface area contributed by atoms with Crippen molar-refractivity contribution >= 4 is 51.2 Å². The van der Waals surface area contributed by atoms with Gasteiger partial charge in [-0.1, -0.05) is 42.5 Å². The van der Waals surface area contributed by atoms with Gasteiger partial charge in [-0.3, -0.25) is 4.79 Å². The fourth-order valence-electron chi connectivity index (χ4n) is 4.66. The van der Waals surface area contributed by atoms with Crippen molar-refractivity contribution in [1.82, 2.24) is 5.43 Å². The van der Waals surface area contributed by atoms with Crippen molar-refractivity contribution in [2.24, 2.45) is 5.10 Å². The number of fused-ring (bicyclic) bond motifs is 1. The van der Waals surface area contributed by atoms with Gasteiger partial charge in [0, 0.05) is 24.3 Å². The number of amides is 1. The smallest absolute Gasteiger partial charge is 0.271 e. The van der Waals surface area contributed by atoms with Crippen molar-refractivity contribution in [1.29, 1.82) is 0 Å². The third-order valence-corrected chi connectivity index (χ3v) is 7.37. The molecule has 1 heterocycles. The maximum absolute atomic E-state index is 12.6. The van der Waals surface area contributed by atoms with Gasteiger partial charge in [0.25, 0.3) is 5.91 Å². The largest absolute Gasteiger partial charge is 0.490 e. The Labute approximate surface area is 236 Å². The predicted molar refractivity (Wildman–Crippen MR) is 162 cm³/mol. The Hall–Kier alpha value is -3.59. The number of anilines is 1. The maximum atomic E-state index is 12.6. The summed E-state index contributed by atoms with van der Waals surface area (Å²) in [6.45, 7) is 5.02. The molecule has 38 heavy (non-hydrogen) atoms. The second-order valence-corrected chi connectivity index (χ2v) is 10.3. The van der Waals surface area contributed by atoms with Crippen LogP contribution in [0.15, 0.2) is 84.0 Å². The molecular formula is C31H30IN3O3. The number of nitrogens with one attached hydrogen (secondary N) is 1. The van der Waals surface area contributed by atoms with Gasteiger partial charge in [-0.25, -0.2) is 5.43 Å². The van der Waals surface area contributed by atoms with Crippen LogP contribution in [0.2, 0.25) is 0 Å². The molecule has 4 aromatic carbocycles. The van der Waals surface area contributed by atoms with E-state index in [2.05, 4.69) is 62.3 Å². The van der Waals surface area contributed by atoms with Gasteiger partial charge in [0.15, 0.2) is 11.5 Å². The summed E-state index contributed by atoms with van der Waals surface area (Å²) in [4.78, 5) is 14.9. The van der Waals surface area contributed by atoms with Crippen LogP contribution < -0.4 is 19.8 Å². The van der Waals surface area contributed by atoms with E-state index in [9.17, 15) is 4.79 Å². The Balaban J connectivity index is 1.26.